The van der Waals surface area contributed by atoms with Crippen molar-refractivity contribution >= 4 is 34.7 Å². The molecule has 0 radical (unpaired) electrons. The van der Waals surface area contributed by atoms with E-state index in [-0.39, 0.29) is 30.9 Å². The normalized spacial score (nSPS) is 14.1. The number of ether oxygens (including phenoxy) is 2. The highest BCUT2D eigenvalue weighted by Crippen LogP contribution is 2.32. The van der Waals surface area contributed by atoms with Crippen molar-refractivity contribution in [2.75, 3.05) is 25.1 Å². The van der Waals surface area contributed by atoms with Crippen molar-refractivity contribution in [1.82, 2.24) is 4.90 Å². The molecule has 1 N–H and O–H groups in total. The highest BCUT2D eigenvalue weighted by Gasteiger charge is 2.39. The maximum Gasteiger partial charge on any atom is 0.278 e. The summed E-state index contributed by atoms with van der Waals surface area (Å²) in [4.78, 5) is 27.6. The van der Waals surface area contributed by atoms with Crippen molar-refractivity contribution in [3.63, 3.8) is 0 Å². The summed E-state index contributed by atoms with van der Waals surface area (Å²) in [5.41, 5.74) is 2.73. The second-order valence-electron chi connectivity index (χ2n) is 7.48. The van der Waals surface area contributed by atoms with E-state index in [2.05, 4.69) is 5.32 Å². The molecule has 1 aliphatic rings. The van der Waals surface area contributed by atoms with Gasteiger partial charge >= 0.3 is 0 Å². The summed E-state index contributed by atoms with van der Waals surface area (Å²) in [6, 6.07) is 12.6. The lowest BCUT2D eigenvalue weighted by molar-refractivity contribution is -0.137. The molecule has 0 bridgehead atoms. The highest BCUT2D eigenvalue weighted by atomic mass is 35.5. The first-order valence-electron chi connectivity index (χ1n) is 10.3. The summed E-state index contributed by atoms with van der Waals surface area (Å²) >= 11 is 6.24. The van der Waals surface area contributed by atoms with Crippen molar-refractivity contribution < 1.29 is 19.1 Å². The van der Waals surface area contributed by atoms with E-state index >= 15 is 0 Å². The van der Waals surface area contributed by atoms with Gasteiger partial charge in [-0.1, -0.05) is 29.8 Å². The Bertz CT molecular complexity index is 999. The number of hydrogen-bond acceptors (Lipinski definition) is 5. The number of rotatable bonds is 9. The smallest absolute Gasteiger partial charge is 0.278 e. The Hall–Kier alpha value is -2.83. The number of benzene rings is 2. The van der Waals surface area contributed by atoms with Crippen LogP contribution in [0.1, 0.15) is 31.9 Å². The summed E-state index contributed by atoms with van der Waals surface area (Å²) in [5.74, 6) is -0.0502. The van der Waals surface area contributed by atoms with Crippen LogP contribution >= 0.6 is 11.6 Å². The van der Waals surface area contributed by atoms with Crippen molar-refractivity contribution in [2.24, 2.45) is 0 Å². The van der Waals surface area contributed by atoms with Crippen LogP contribution in [-0.4, -0.2) is 42.6 Å². The van der Waals surface area contributed by atoms with Crippen molar-refractivity contribution in [3.8, 4) is 5.75 Å². The van der Waals surface area contributed by atoms with Gasteiger partial charge in [-0.3, -0.25) is 14.5 Å². The van der Waals surface area contributed by atoms with Crippen LogP contribution in [-0.2, 0) is 14.3 Å². The van der Waals surface area contributed by atoms with Crippen molar-refractivity contribution in [3.05, 3.63) is 64.3 Å². The molecule has 2 aromatic rings. The maximum atomic E-state index is 13.2. The Kier molecular flexibility index (Phi) is 7.36. The van der Waals surface area contributed by atoms with Crippen LogP contribution in [0.3, 0.4) is 0 Å². The first-order valence-corrected chi connectivity index (χ1v) is 10.7. The maximum absolute atomic E-state index is 13.2. The van der Waals surface area contributed by atoms with Crippen LogP contribution in [0, 0.1) is 6.92 Å². The van der Waals surface area contributed by atoms with E-state index in [4.69, 9.17) is 21.1 Å². The molecule has 2 aromatic carbocycles. The van der Waals surface area contributed by atoms with Gasteiger partial charge in [-0.05, 0) is 63.1 Å². The van der Waals surface area contributed by atoms with Gasteiger partial charge in [-0.25, -0.2) is 0 Å². The minimum atomic E-state index is -0.391. The standard InChI is InChI=1S/C24H27ClN2O4/c1-5-30-19-10-7-17(8-11-19)21-22(26-18-9-6-16(4)20(25)14-18)24(29)27(23(21)28)12-13-31-15(2)3/h6-11,14-15,26H,5,12-13H2,1-4H3. The average Bonchev–Trinajstić information content (AvgIpc) is 2.95. The predicted octanol–water partition coefficient (Wildman–Crippen LogP) is 4.66. The molecule has 0 aliphatic carbocycles. The quantitative estimate of drug-likeness (QED) is 0.572. The van der Waals surface area contributed by atoms with E-state index < -0.39 is 5.91 Å². The fourth-order valence-electron chi connectivity index (χ4n) is 3.24. The summed E-state index contributed by atoms with van der Waals surface area (Å²) in [6.07, 6.45) is 0.0126. The molecule has 2 amide bonds. The van der Waals surface area contributed by atoms with E-state index in [1.807, 2.05) is 39.8 Å². The third-order valence-corrected chi connectivity index (χ3v) is 5.24. The molecule has 6 nitrogen and oxygen atoms in total. The fourth-order valence-corrected chi connectivity index (χ4v) is 3.42. The van der Waals surface area contributed by atoms with E-state index in [0.29, 0.717) is 34.2 Å². The fraction of sp³-hybridized carbons (Fsp3) is 0.333. The number of carbonyl (C=O) groups is 2. The minimum absolute atomic E-state index is 0.0126. The second-order valence-corrected chi connectivity index (χ2v) is 7.89. The van der Waals surface area contributed by atoms with Gasteiger partial charge in [-0.2, -0.15) is 0 Å². The molecule has 0 atom stereocenters. The molecule has 0 aromatic heterocycles. The Morgan fingerprint density at radius 3 is 2.39 bits per heavy atom. The van der Waals surface area contributed by atoms with E-state index in [9.17, 15) is 9.59 Å². The number of hydrogen-bond donors (Lipinski definition) is 1. The summed E-state index contributed by atoms with van der Waals surface area (Å²) in [5, 5.41) is 3.69. The lowest BCUT2D eigenvalue weighted by atomic mass is 10.0. The second kappa shape index (κ2) is 9.98. The van der Waals surface area contributed by atoms with Crippen LogP contribution in [0.15, 0.2) is 48.2 Å². The molecule has 0 saturated carbocycles. The largest absolute Gasteiger partial charge is 0.494 e. The zero-order chi connectivity index (χ0) is 22.5. The Morgan fingerprint density at radius 2 is 1.77 bits per heavy atom. The zero-order valence-corrected chi connectivity index (χ0v) is 19.0. The molecule has 1 heterocycles. The number of halogens is 1. The van der Waals surface area contributed by atoms with Gasteiger partial charge in [0.2, 0.25) is 0 Å². The molecule has 1 aliphatic heterocycles. The number of amides is 2. The van der Waals surface area contributed by atoms with E-state index in [1.165, 1.54) is 4.90 Å². The highest BCUT2D eigenvalue weighted by molar-refractivity contribution is 6.36. The Morgan fingerprint density at radius 1 is 1.06 bits per heavy atom. The third-order valence-electron chi connectivity index (χ3n) is 4.83. The summed E-state index contributed by atoms with van der Waals surface area (Å²) < 4.78 is 11.0. The topological polar surface area (TPSA) is 67.9 Å². The van der Waals surface area contributed by atoms with E-state index in [1.54, 1.807) is 30.3 Å². The van der Waals surface area contributed by atoms with Crippen molar-refractivity contribution in [1.29, 1.82) is 0 Å². The number of nitrogens with one attached hydrogen (secondary N) is 1. The van der Waals surface area contributed by atoms with Crippen molar-refractivity contribution in [2.45, 2.75) is 33.8 Å². The average molecular weight is 443 g/mol. The number of aryl methyl sites for hydroxylation is 1. The molecule has 7 heteroatoms. The van der Waals surface area contributed by atoms with Crippen LogP contribution < -0.4 is 10.1 Å². The Balaban J connectivity index is 1.96. The summed E-state index contributed by atoms with van der Waals surface area (Å²) in [7, 11) is 0. The molecule has 31 heavy (non-hydrogen) atoms. The van der Waals surface area contributed by atoms with Crippen LogP contribution in [0.25, 0.3) is 5.57 Å². The molecule has 0 spiro atoms. The lowest BCUT2D eigenvalue weighted by Gasteiger charge is -2.16. The minimum Gasteiger partial charge on any atom is -0.494 e. The van der Waals surface area contributed by atoms with Crippen LogP contribution in [0.4, 0.5) is 5.69 Å². The van der Waals surface area contributed by atoms with Gasteiger partial charge in [0, 0.05) is 10.7 Å². The zero-order valence-electron chi connectivity index (χ0n) is 18.2. The SMILES string of the molecule is CCOc1ccc(C2=C(Nc3ccc(C)c(Cl)c3)C(=O)N(CCOC(C)C)C2=O)cc1. The number of carbonyl (C=O) groups excluding carboxylic acids is 2. The summed E-state index contributed by atoms with van der Waals surface area (Å²) in [6.45, 7) is 8.62. The molecular weight excluding hydrogens is 416 g/mol. The first kappa shape index (κ1) is 22.8. The Labute approximate surface area is 187 Å². The van der Waals surface area contributed by atoms with Gasteiger partial charge in [0.1, 0.15) is 11.4 Å². The van der Waals surface area contributed by atoms with Crippen LogP contribution in [0.5, 0.6) is 5.75 Å². The molecule has 0 saturated heterocycles. The van der Waals surface area contributed by atoms with Gasteiger partial charge in [0.05, 0.1) is 31.4 Å². The van der Waals surface area contributed by atoms with Gasteiger partial charge in [-0.15, -0.1) is 0 Å². The van der Waals surface area contributed by atoms with Gasteiger partial charge in [0.25, 0.3) is 11.8 Å². The molecule has 0 unspecified atom stereocenters. The van der Waals surface area contributed by atoms with Gasteiger partial charge in [0.15, 0.2) is 0 Å². The molecule has 0 fully saturated rings. The van der Waals surface area contributed by atoms with Crippen LogP contribution in [0.2, 0.25) is 5.02 Å². The first-order chi connectivity index (χ1) is 14.8. The number of imide groups is 1. The third kappa shape index (κ3) is 5.27. The predicted molar refractivity (Wildman–Crippen MR) is 122 cm³/mol. The number of anilines is 1. The monoisotopic (exact) mass is 442 g/mol. The van der Waals surface area contributed by atoms with E-state index in [0.717, 1.165) is 5.56 Å². The lowest BCUT2D eigenvalue weighted by Crippen LogP contribution is -2.35. The molecule has 164 valence electrons. The number of nitrogens with zero attached hydrogens (tertiary/aromatic N) is 1. The molecule has 3 rings (SSSR count). The van der Waals surface area contributed by atoms with Gasteiger partial charge < -0.3 is 14.8 Å². The molecular formula is C24H27ClN2O4.